The van der Waals surface area contributed by atoms with E-state index in [1.807, 2.05) is 0 Å². The summed E-state index contributed by atoms with van der Waals surface area (Å²) in [5, 5.41) is 6.34. The number of carbonyl (C=O) groups is 1. The average Bonchev–Trinajstić information content (AvgIpc) is 2.71. The first-order chi connectivity index (χ1) is 7.27. The van der Waals surface area contributed by atoms with Crippen molar-refractivity contribution in [1.82, 2.24) is 10.6 Å². The monoisotopic (exact) mass is 212 g/mol. The van der Waals surface area contributed by atoms with E-state index >= 15 is 0 Å². The molecule has 0 aromatic rings. The van der Waals surface area contributed by atoms with Crippen LogP contribution in [0.2, 0.25) is 0 Å². The Kier molecular flexibility index (Phi) is 3.59. The number of carbonyl (C=O) groups excluding carboxylic acids is 1. The van der Waals surface area contributed by atoms with Crippen LogP contribution >= 0.6 is 0 Å². The lowest BCUT2D eigenvalue weighted by Gasteiger charge is -2.29. The molecule has 3 unspecified atom stereocenters. The molecule has 3 atom stereocenters. The summed E-state index contributed by atoms with van der Waals surface area (Å²) in [6, 6.07) is 0.229. The summed E-state index contributed by atoms with van der Waals surface area (Å²) < 4.78 is 5.24. The van der Waals surface area contributed by atoms with Crippen LogP contribution in [0.4, 0.5) is 0 Å². The zero-order valence-electron chi connectivity index (χ0n) is 9.29. The van der Waals surface area contributed by atoms with Gasteiger partial charge in [0.05, 0.1) is 18.7 Å². The van der Waals surface area contributed by atoms with E-state index in [0.717, 1.165) is 26.0 Å². The predicted octanol–water partition coefficient (Wildman–Crippen LogP) is 0.280. The van der Waals surface area contributed by atoms with Gasteiger partial charge in [0.15, 0.2) is 0 Å². The molecule has 0 bridgehead atoms. The molecule has 2 heterocycles. The molecular formula is C11H20N2O2. The van der Waals surface area contributed by atoms with Gasteiger partial charge in [-0.15, -0.1) is 0 Å². The highest BCUT2D eigenvalue weighted by Gasteiger charge is 2.29. The van der Waals surface area contributed by atoms with E-state index in [0.29, 0.717) is 12.5 Å². The molecule has 1 amide bonds. The maximum absolute atomic E-state index is 11.9. The molecule has 2 aliphatic rings. The Balaban J connectivity index is 1.83. The molecule has 86 valence electrons. The van der Waals surface area contributed by atoms with Gasteiger partial charge >= 0.3 is 0 Å². The minimum atomic E-state index is -0.000602. The van der Waals surface area contributed by atoms with Crippen molar-refractivity contribution >= 4 is 5.91 Å². The quantitative estimate of drug-likeness (QED) is 0.691. The fourth-order valence-corrected chi connectivity index (χ4v) is 2.34. The Morgan fingerprint density at radius 1 is 1.47 bits per heavy atom. The first-order valence-electron chi connectivity index (χ1n) is 5.89. The predicted molar refractivity (Wildman–Crippen MR) is 57.6 cm³/mol. The Labute approximate surface area is 90.8 Å². The van der Waals surface area contributed by atoms with Crippen molar-refractivity contribution in [3.63, 3.8) is 0 Å². The number of piperidine rings is 1. The smallest absolute Gasteiger partial charge is 0.237 e. The zero-order valence-corrected chi connectivity index (χ0v) is 9.29. The van der Waals surface area contributed by atoms with Crippen LogP contribution < -0.4 is 10.6 Å². The van der Waals surface area contributed by atoms with Gasteiger partial charge < -0.3 is 15.4 Å². The van der Waals surface area contributed by atoms with Crippen LogP contribution in [0.15, 0.2) is 0 Å². The summed E-state index contributed by atoms with van der Waals surface area (Å²) in [6.07, 6.45) is 3.27. The summed E-state index contributed by atoms with van der Waals surface area (Å²) in [7, 11) is 0. The van der Waals surface area contributed by atoms with Gasteiger partial charge in [-0.3, -0.25) is 4.79 Å². The summed E-state index contributed by atoms with van der Waals surface area (Å²) in [4.78, 5) is 11.9. The van der Waals surface area contributed by atoms with Gasteiger partial charge in [-0.2, -0.15) is 0 Å². The fourth-order valence-electron chi connectivity index (χ4n) is 2.34. The molecule has 2 N–H and O–H groups in total. The number of ether oxygens (including phenoxy) is 1. The van der Waals surface area contributed by atoms with Crippen molar-refractivity contribution in [2.24, 2.45) is 5.92 Å². The Hall–Kier alpha value is -0.610. The van der Waals surface area contributed by atoms with Crippen LogP contribution in [0.1, 0.15) is 26.2 Å². The molecule has 2 saturated heterocycles. The molecule has 4 heteroatoms. The van der Waals surface area contributed by atoms with Crippen LogP contribution in [0, 0.1) is 5.92 Å². The van der Waals surface area contributed by atoms with Crippen molar-refractivity contribution in [2.45, 2.75) is 38.3 Å². The molecule has 4 nitrogen and oxygen atoms in total. The zero-order chi connectivity index (χ0) is 10.7. The van der Waals surface area contributed by atoms with Gasteiger partial charge in [-0.05, 0) is 31.7 Å². The average molecular weight is 212 g/mol. The summed E-state index contributed by atoms with van der Waals surface area (Å²) in [6.45, 7) is 4.55. The lowest BCUT2D eigenvalue weighted by atomic mass is 9.92. The van der Waals surface area contributed by atoms with Crippen molar-refractivity contribution < 1.29 is 9.53 Å². The van der Waals surface area contributed by atoms with Gasteiger partial charge in [0, 0.05) is 6.61 Å². The molecule has 15 heavy (non-hydrogen) atoms. The molecule has 0 aromatic carbocycles. The summed E-state index contributed by atoms with van der Waals surface area (Å²) in [5.41, 5.74) is 0. The number of nitrogens with one attached hydrogen (secondary N) is 2. The van der Waals surface area contributed by atoms with E-state index in [9.17, 15) is 4.79 Å². The van der Waals surface area contributed by atoms with Crippen LogP contribution in [0.25, 0.3) is 0 Å². The van der Waals surface area contributed by atoms with Gasteiger partial charge in [-0.25, -0.2) is 0 Å². The minimum absolute atomic E-state index is 0.000602. The number of rotatable bonds is 2. The van der Waals surface area contributed by atoms with Gasteiger partial charge in [0.25, 0.3) is 0 Å². The maximum Gasteiger partial charge on any atom is 0.237 e. The molecule has 2 aliphatic heterocycles. The van der Waals surface area contributed by atoms with E-state index in [1.165, 1.54) is 6.42 Å². The number of hydrogen-bond acceptors (Lipinski definition) is 3. The van der Waals surface area contributed by atoms with Crippen LogP contribution in [0.5, 0.6) is 0 Å². The SMILES string of the molecule is CC1CCCNC1C(=O)NC1CCOC1. The Bertz CT molecular complexity index is 227. The van der Waals surface area contributed by atoms with E-state index in [-0.39, 0.29) is 18.0 Å². The highest BCUT2D eigenvalue weighted by atomic mass is 16.5. The summed E-state index contributed by atoms with van der Waals surface area (Å²) in [5.74, 6) is 0.596. The Morgan fingerprint density at radius 2 is 2.33 bits per heavy atom. The lowest BCUT2D eigenvalue weighted by molar-refractivity contribution is -0.125. The highest BCUT2D eigenvalue weighted by Crippen LogP contribution is 2.16. The number of hydrogen-bond donors (Lipinski definition) is 2. The third-order valence-corrected chi connectivity index (χ3v) is 3.33. The van der Waals surface area contributed by atoms with Crippen molar-refractivity contribution in [3.8, 4) is 0 Å². The van der Waals surface area contributed by atoms with Gasteiger partial charge in [-0.1, -0.05) is 6.92 Å². The second-order valence-corrected chi connectivity index (χ2v) is 4.62. The maximum atomic E-state index is 11.9. The molecule has 0 aromatic heterocycles. The molecule has 2 rings (SSSR count). The van der Waals surface area contributed by atoms with E-state index in [4.69, 9.17) is 4.74 Å². The minimum Gasteiger partial charge on any atom is -0.379 e. The van der Waals surface area contributed by atoms with Crippen molar-refractivity contribution in [2.75, 3.05) is 19.8 Å². The van der Waals surface area contributed by atoms with Crippen molar-refractivity contribution in [1.29, 1.82) is 0 Å². The van der Waals surface area contributed by atoms with E-state index in [2.05, 4.69) is 17.6 Å². The second kappa shape index (κ2) is 4.94. The molecule has 0 spiro atoms. The van der Waals surface area contributed by atoms with E-state index < -0.39 is 0 Å². The molecule has 0 aliphatic carbocycles. The Morgan fingerprint density at radius 3 is 3.00 bits per heavy atom. The van der Waals surface area contributed by atoms with Gasteiger partial charge in [0.1, 0.15) is 0 Å². The largest absolute Gasteiger partial charge is 0.379 e. The number of amides is 1. The molecule has 2 fully saturated rings. The summed E-state index contributed by atoms with van der Waals surface area (Å²) >= 11 is 0. The fraction of sp³-hybridized carbons (Fsp3) is 0.909. The lowest BCUT2D eigenvalue weighted by Crippen LogP contribution is -2.53. The third kappa shape index (κ3) is 2.69. The molecule has 0 radical (unpaired) electrons. The molecule has 0 saturated carbocycles. The normalized spacial score (nSPS) is 36.5. The third-order valence-electron chi connectivity index (χ3n) is 3.33. The first kappa shape index (κ1) is 10.9. The second-order valence-electron chi connectivity index (χ2n) is 4.62. The van der Waals surface area contributed by atoms with Crippen molar-refractivity contribution in [3.05, 3.63) is 0 Å². The standard InChI is InChI=1S/C11H20N2O2/c1-8-3-2-5-12-10(8)11(14)13-9-4-6-15-7-9/h8-10,12H,2-7H2,1H3,(H,13,14). The first-order valence-corrected chi connectivity index (χ1v) is 5.89. The molecular weight excluding hydrogens is 192 g/mol. The van der Waals surface area contributed by atoms with Crippen LogP contribution in [0.3, 0.4) is 0 Å². The topological polar surface area (TPSA) is 50.4 Å². The van der Waals surface area contributed by atoms with Crippen LogP contribution in [-0.4, -0.2) is 37.7 Å². The highest BCUT2D eigenvalue weighted by molar-refractivity contribution is 5.82. The van der Waals surface area contributed by atoms with E-state index in [1.54, 1.807) is 0 Å². The van der Waals surface area contributed by atoms with Crippen LogP contribution in [-0.2, 0) is 9.53 Å². The van der Waals surface area contributed by atoms with Gasteiger partial charge in [0.2, 0.25) is 5.91 Å².